The Morgan fingerprint density at radius 2 is 1.97 bits per heavy atom. The van der Waals surface area contributed by atoms with Crippen molar-refractivity contribution in [1.29, 1.82) is 0 Å². The topological polar surface area (TPSA) is 99.9 Å². The molecular weight excluding hydrogens is 423 g/mol. The van der Waals surface area contributed by atoms with Gasteiger partial charge >= 0.3 is 0 Å². The highest BCUT2D eigenvalue weighted by Gasteiger charge is 2.24. The van der Waals surface area contributed by atoms with E-state index in [9.17, 15) is 17.6 Å². The van der Waals surface area contributed by atoms with Crippen molar-refractivity contribution in [3.8, 4) is 11.1 Å². The van der Waals surface area contributed by atoms with Gasteiger partial charge in [-0.3, -0.25) is 14.7 Å². The van der Waals surface area contributed by atoms with E-state index < -0.39 is 15.8 Å². The zero-order chi connectivity index (χ0) is 22.2. The maximum absolute atomic E-state index is 14.9. The molecule has 3 aromatic heterocycles. The summed E-state index contributed by atoms with van der Waals surface area (Å²) in [5.41, 5.74) is 2.38. The summed E-state index contributed by atoms with van der Waals surface area (Å²) in [4.78, 5) is 17.6. The monoisotopic (exact) mass is 446 g/mol. The highest BCUT2D eigenvalue weighted by molar-refractivity contribution is 7.88. The van der Waals surface area contributed by atoms with Crippen molar-refractivity contribution < 1.29 is 17.6 Å². The van der Waals surface area contributed by atoms with Crippen molar-refractivity contribution in [2.75, 3.05) is 37.8 Å². The van der Waals surface area contributed by atoms with Gasteiger partial charge in [0.2, 0.25) is 15.9 Å². The number of nitrogens with zero attached hydrogens (tertiary/aromatic N) is 5. The predicted molar refractivity (Wildman–Crippen MR) is 114 cm³/mol. The van der Waals surface area contributed by atoms with Gasteiger partial charge in [0.1, 0.15) is 5.82 Å². The number of hydrogen-bond acceptors (Lipinski definition) is 6. The van der Waals surface area contributed by atoms with Crippen LogP contribution in [0.1, 0.15) is 12.6 Å². The predicted octanol–water partition coefficient (Wildman–Crippen LogP) is 1.57. The number of carbonyl (C=O) groups is 1. The standard InChI is InChI=1S/C20H23FN6O3S/c1-14(28)23-20-11-19-16(4-3-5-27(19)24-20)15-10-17(21)18(22-12-15)13-25-6-8-26(9-7-25)31(2,29)30/h3-5,10-12H,6-9,13H2,1-2H3,(H,23,24,28). The van der Waals surface area contributed by atoms with E-state index in [1.54, 1.807) is 29.0 Å². The lowest BCUT2D eigenvalue weighted by Gasteiger charge is -2.33. The molecule has 0 aromatic carbocycles. The van der Waals surface area contributed by atoms with Crippen LogP contribution in [0.5, 0.6) is 0 Å². The number of fused-ring (bicyclic) bond motifs is 1. The summed E-state index contributed by atoms with van der Waals surface area (Å²) in [6.07, 6.45) is 4.56. The molecule has 11 heteroatoms. The molecule has 0 radical (unpaired) electrons. The molecule has 9 nitrogen and oxygen atoms in total. The quantitative estimate of drug-likeness (QED) is 0.639. The van der Waals surface area contributed by atoms with Gasteiger partial charge < -0.3 is 5.32 Å². The zero-order valence-electron chi connectivity index (χ0n) is 17.2. The van der Waals surface area contributed by atoms with Crippen molar-refractivity contribution in [3.05, 3.63) is 48.2 Å². The number of sulfonamides is 1. The summed E-state index contributed by atoms with van der Waals surface area (Å²) < 4.78 is 41.2. The Labute approximate surface area is 179 Å². The van der Waals surface area contributed by atoms with Gasteiger partial charge in [-0.25, -0.2) is 17.3 Å². The molecule has 1 N–H and O–H groups in total. The van der Waals surface area contributed by atoms with Gasteiger partial charge in [0.15, 0.2) is 5.82 Å². The minimum absolute atomic E-state index is 0.223. The van der Waals surface area contributed by atoms with Gasteiger partial charge in [0, 0.05) is 69.2 Å². The Morgan fingerprint density at radius 3 is 2.61 bits per heavy atom. The van der Waals surface area contributed by atoms with Crippen LogP contribution < -0.4 is 5.32 Å². The molecule has 0 saturated carbocycles. The van der Waals surface area contributed by atoms with E-state index >= 15 is 0 Å². The lowest BCUT2D eigenvalue weighted by Crippen LogP contribution is -2.48. The third-order valence-electron chi connectivity index (χ3n) is 5.21. The van der Waals surface area contributed by atoms with Gasteiger partial charge in [-0.1, -0.05) is 6.07 Å². The zero-order valence-corrected chi connectivity index (χ0v) is 18.1. The molecule has 1 aliphatic rings. The number of pyridine rings is 2. The highest BCUT2D eigenvalue weighted by atomic mass is 32.2. The van der Waals surface area contributed by atoms with Gasteiger partial charge in [-0.05, 0) is 12.1 Å². The summed E-state index contributed by atoms with van der Waals surface area (Å²) in [6.45, 7) is 3.54. The number of anilines is 1. The van der Waals surface area contributed by atoms with Gasteiger partial charge in [0.25, 0.3) is 0 Å². The summed E-state index contributed by atoms with van der Waals surface area (Å²) in [7, 11) is -3.20. The average Bonchev–Trinajstić information content (AvgIpc) is 3.11. The molecule has 1 amide bonds. The largest absolute Gasteiger partial charge is 0.309 e. The fourth-order valence-electron chi connectivity index (χ4n) is 3.66. The van der Waals surface area contributed by atoms with Crippen molar-refractivity contribution in [2.24, 2.45) is 0 Å². The molecule has 4 rings (SSSR count). The average molecular weight is 447 g/mol. The summed E-state index contributed by atoms with van der Waals surface area (Å²) in [5, 5.41) is 6.94. The molecule has 1 saturated heterocycles. The maximum atomic E-state index is 14.9. The number of rotatable bonds is 5. The van der Waals surface area contributed by atoms with Crippen LogP contribution in [0.3, 0.4) is 0 Å². The fourth-order valence-corrected chi connectivity index (χ4v) is 4.49. The van der Waals surface area contributed by atoms with Gasteiger partial charge in [-0.15, -0.1) is 0 Å². The van der Waals surface area contributed by atoms with Crippen LogP contribution >= 0.6 is 0 Å². The summed E-state index contributed by atoms with van der Waals surface area (Å²) in [6, 6.07) is 6.80. The second-order valence-corrected chi connectivity index (χ2v) is 9.54. The Kier molecular flexibility index (Phi) is 5.73. The molecule has 1 fully saturated rings. The molecule has 0 aliphatic carbocycles. The third kappa shape index (κ3) is 4.73. The number of halogens is 1. The number of aromatic nitrogens is 3. The van der Waals surface area contributed by atoms with Crippen LogP contribution in [-0.2, 0) is 21.4 Å². The van der Waals surface area contributed by atoms with Crippen molar-refractivity contribution in [3.63, 3.8) is 0 Å². The molecular formula is C20H23FN6O3S. The molecule has 1 aliphatic heterocycles. The van der Waals surface area contributed by atoms with Crippen LogP contribution in [0, 0.1) is 5.82 Å². The van der Waals surface area contributed by atoms with E-state index in [0.717, 1.165) is 11.1 Å². The number of amides is 1. The summed E-state index contributed by atoms with van der Waals surface area (Å²) >= 11 is 0. The number of hydrogen-bond donors (Lipinski definition) is 1. The van der Waals surface area contributed by atoms with Gasteiger partial charge in [0.05, 0.1) is 17.5 Å². The molecule has 31 heavy (non-hydrogen) atoms. The fraction of sp³-hybridized carbons (Fsp3) is 0.350. The highest BCUT2D eigenvalue weighted by Crippen LogP contribution is 2.27. The van der Waals surface area contributed by atoms with Crippen molar-refractivity contribution in [2.45, 2.75) is 13.5 Å². The van der Waals surface area contributed by atoms with Crippen LogP contribution in [0.4, 0.5) is 10.2 Å². The molecule has 4 heterocycles. The van der Waals surface area contributed by atoms with Crippen LogP contribution in [-0.4, -0.2) is 70.6 Å². The van der Waals surface area contributed by atoms with Crippen molar-refractivity contribution >= 4 is 27.3 Å². The van der Waals surface area contributed by atoms with E-state index in [1.807, 2.05) is 11.0 Å². The Morgan fingerprint density at radius 1 is 1.23 bits per heavy atom. The van der Waals surface area contributed by atoms with E-state index in [1.165, 1.54) is 23.6 Å². The van der Waals surface area contributed by atoms with Crippen LogP contribution in [0.25, 0.3) is 16.6 Å². The summed E-state index contributed by atoms with van der Waals surface area (Å²) in [5.74, 6) is -0.232. The first kappa shape index (κ1) is 21.3. The van der Waals surface area contributed by atoms with E-state index in [-0.39, 0.29) is 5.91 Å². The van der Waals surface area contributed by atoms with E-state index in [4.69, 9.17) is 0 Å². The molecule has 164 valence electrons. The lowest BCUT2D eigenvalue weighted by molar-refractivity contribution is -0.114. The number of nitrogens with one attached hydrogen (secondary N) is 1. The lowest BCUT2D eigenvalue weighted by atomic mass is 10.1. The normalized spacial score (nSPS) is 16.0. The third-order valence-corrected chi connectivity index (χ3v) is 6.51. The minimum Gasteiger partial charge on any atom is -0.309 e. The Hall–Kier alpha value is -2.89. The number of piperazine rings is 1. The van der Waals surface area contributed by atoms with E-state index in [2.05, 4.69) is 15.4 Å². The molecule has 3 aromatic rings. The second kappa shape index (κ2) is 8.33. The second-order valence-electron chi connectivity index (χ2n) is 7.55. The van der Waals surface area contributed by atoms with Crippen LogP contribution in [0.2, 0.25) is 0 Å². The molecule has 0 atom stereocenters. The minimum atomic E-state index is -3.20. The Balaban J connectivity index is 1.53. The maximum Gasteiger partial charge on any atom is 0.222 e. The molecule has 0 bridgehead atoms. The molecule has 0 unspecified atom stereocenters. The first-order chi connectivity index (χ1) is 14.7. The van der Waals surface area contributed by atoms with Gasteiger partial charge in [-0.2, -0.15) is 9.40 Å². The van der Waals surface area contributed by atoms with E-state index in [0.29, 0.717) is 49.8 Å². The smallest absolute Gasteiger partial charge is 0.222 e. The first-order valence-corrected chi connectivity index (χ1v) is 11.6. The Bertz CT molecular complexity index is 1230. The van der Waals surface area contributed by atoms with Crippen LogP contribution in [0.15, 0.2) is 36.7 Å². The molecule has 0 spiro atoms. The number of carbonyl (C=O) groups excluding carboxylic acids is 1. The first-order valence-electron chi connectivity index (χ1n) is 9.79. The SMILES string of the molecule is CC(=O)Nc1cc2c(-c3cnc(CN4CCN(S(C)(=O)=O)CC4)c(F)c3)cccn2n1. The van der Waals surface area contributed by atoms with Crippen molar-refractivity contribution in [1.82, 2.24) is 23.8 Å².